The van der Waals surface area contributed by atoms with E-state index in [1.54, 1.807) is 6.07 Å². The summed E-state index contributed by atoms with van der Waals surface area (Å²) < 4.78 is 10.5. The fourth-order valence-corrected chi connectivity index (χ4v) is 4.26. The number of nitrogens with zero attached hydrogens (tertiary/aromatic N) is 1. The Bertz CT molecular complexity index is 727. The Kier molecular flexibility index (Phi) is 5.23. The number of hydrogen-bond acceptors (Lipinski definition) is 6. The number of ether oxygens (including phenoxy) is 2. The monoisotopic (exact) mass is 361 g/mol. The molecule has 2 aliphatic rings. The van der Waals surface area contributed by atoms with E-state index in [2.05, 4.69) is 18.7 Å². The average Bonchev–Trinajstić information content (AvgIpc) is 2.55. The first-order chi connectivity index (χ1) is 12.3. The van der Waals surface area contributed by atoms with Gasteiger partial charge in [-0.25, -0.2) is 0 Å². The molecule has 0 bridgehead atoms. The fraction of sp³-hybridized carbons (Fsp3) is 0.600. The smallest absolute Gasteiger partial charge is 0.308 e. The Hall–Kier alpha value is -2.08. The van der Waals surface area contributed by atoms with Crippen molar-refractivity contribution in [2.45, 2.75) is 46.1 Å². The molecule has 0 spiro atoms. The maximum atomic E-state index is 12.7. The third-order valence-corrected chi connectivity index (χ3v) is 5.33. The summed E-state index contributed by atoms with van der Waals surface area (Å²) in [6.07, 6.45) is 2.01. The van der Waals surface area contributed by atoms with Crippen LogP contribution in [0.25, 0.3) is 0 Å². The van der Waals surface area contributed by atoms with Gasteiger partial charge in [0.25, 0.3) is 0 Å². The lowest BCUT2D eigenvalue weighted by Crippen LogP contribution is -2.46. The van der Waals surface area contributed by atoms with E-state index >= 15 is 0 Å². The van der Waals surface area contributed by atoms with Crippen LogP contribution in [0.4, 0.5) is 0 Å². The standard InChI is InChI=1S/C20H27NO5/c1-11(2)7-13-10-21-6-5-14-15(16(21)9-17(13)23)8-18(26-12(3)22)20(25-4)19(14)24/h8,11,13,16,24H,5-7,9-10H2,1-4H3. The molecule has 0 radical (unpaired) electrons. The highest BCUT2D eigenvalue weighted by atomic mass is 16.6. The number of piperidine rings is 1. The summed E-state index contributed by atoms with van der Waals surface area (Å²) in [4.78, 5) is 26.4. The fourth-order valence-electron chi connectivity index (χ4n) is 4.26. The molecule has 1 aromatic rings. The molecule has 0 saturated carbocycles. The summed E-state index contributed by atoms with van der Waals surface area (Å²) in [6.45, 7) is 7.13. The number of fused-ring (bicyclic) bond motifs is 3. The van der Waals surface area contributed by atoms with Gasteiger partial charge in [0.2, 0.25) is 5.75 Å². The number of phenols is 1. The zero-order valence-corrected chi connectivity index (χ0v) is 15.9. The number of carbonyl (C=O) groups is 2. The van der Waals surface area contributed by atoms with Gasteiger partial charge in [0.05, 0.1) is 7.11 Å². The predicted molar refractivity (Wildman–Crippen MR) is 96.6 cm³/mol. The van der Waals surface area contributed by atoms with E-state index in [-0.39, 0.29) is 35.0 Å². The van der Waals surface area contributed by atoms with Crippen LogP contribution in [0.15, 0.2) is 6.07 Å². The molecule has 2 heterocycles. The van der Waals surface area contributed by atoms with Gasteiger partial charge in [-0.3, -0.25) is 14.5 Å². The van der Waals surface area contributed by atoms with Gasteiger partial charge >= 0.3 is 5.97 Å². The number of esters is 1. The lowest BCUT2D eigenvalue weighted by molar-refractivity contribution is -0.132. The number of benzene rings is 1. The zero-order chi connectivity index (χ0) is 19.0. The van der Waals surface area contributed by atoms with Crippen molar-refractivity contribution in [2.75, 3.05) is 20.2 Å². The number of hydrogen-bond donors (Lipinski definition) is 1. The van der Waals surface area contributed by atoms with Crippen LogP contribution in [0.2, 0.25) is 0 Å². The summed E-state index contributed by atoms with van der Waals surface area (Å²) in [5, 5.41) is 10.6. The molecular formula is C20H27NO5. The highest BCUT2D eigenvalue weighted by Crippen LogP contribution is 2.48. The number of phenolic OH excluding ortho intramolecular Hbond substituents is 1. The van der Waals surface area contributed by atoms with Gasteiger partial charge in [-0.2, -0.15) is 0 Å². The van der Waals surface area contributed by atoms with Crippen molar-refractivity contribution in [3.8, 4) is 17.2 Å². The third kappa shape index (κ3) is 3.43. The van der Waals surface area contributed by atoms with Crippen molar-refractivity contribution in [3.05, 3.63) is 17.2 Å². The highest BCUT2D eigenvalue weighted by molar-refractivity contribution is 5.83. The quantitative estimate of drug-likeness (QED) is 0.656. The van der Waals surface area contributed by atoms with Crippen molar-refractivity contribution in [1.29, 1.82) is 0 Å². The summed E-state index contributed by atoms with van der Waals surface area (Å²) in [5.74, 6) is 0.748. The number of methoxy groups -OCH3 is 1. The van der Waals surface area contributed by atoms with E-state index in [0.29, 0.717) is 18.8 Å². The number of Topliss-reactive ketones (excluding diaryl/α,β-unsaturated/α-hetero) is 1. The molecule has 1 saturated heterocycles. The van der Waals surface area contributed by atoms with Crippen LogP contribution in [-0.2, 0) is 16.0 Å². The number of ketones is 1. The van der Waals surface area contributed by atoms with Crippen LogP contribution in [0.5, 0.6) is 17.2 Å². The molecule has 142 valence electrons. The maximum absolute atomic E-state index is 12.7. The molecule has 26 heavy (non-hydrogen) atoms. The molecule has 1 aromatic carbocycles. The van der Waals surface area contributed by atoms with Crippen molar-refractivity contribution in [2.24, 2.45) is 11.8 Å². The van der Waals surface area contributed by atoms with Gasteiger partial charge in [0.1, 0.15) is 5.78 Å². The first-order valence-corrected chi connectivity index (χ1v) is 9.19. The largest absolute Gasteiger partial charge is 0.504 e. The van der Waals surface area contributed by atoms with E-state index in [1.165, 1.54) is 14.0 Å². The minimum absolute atomic E-state index is 0.0117. The van der Waals surface area contributed by atoms with Crippen LogP contribution >= 0.6 is 0 Å². The van der Waals surface area contributed by atoms with Gasteiger partial charge in [-0.15, -0.1) is 0 Å². The first kappa shape index (κ1) is 18.7. The molecule has 2 atom stereocenters. The Morgan fingerprint density at radius 1 is 1.42 bits per heavy atom. The molecule has 3 rings (SSSR count). The minimum Gasteiger partial charge on any atom is -0.504 e. The van der Waals surface area contributed by atoms with Gasteiger partial charge in [-0.05, 0) is 30.4 Å². The van der Waals surface area contributed by atoms with Crippen LogP contribution in [0.3, 0.4) is 0 Å². The number of aromatic hydroxyl groups is 1. The van der Waals surface area contributed by atoms with Crippen molar-refractivity contribution >= 4 is 11.8 Å². The molecule has 0 aliphatic carbocycles. The summed E-state index contributed by atoms with van der Waals surface area (Å²) in [7, 11) is 1.43. The third-order valence-electron chi connectivity index (χ3n) is 5.33. The number of rotatable bonds is 4. The lowest BCUT2D eigenvalue weighted by Gasteiger charge is -2.43. The van der Waals surface area contributed by atoms with E-state index in [1.807, 2.05) is 0 Å². The van der Waals surface area contributed by atoms with Crippen molar-refractivity contribution in [1.82, 2.24) is 4.90 Å². The first-order valence-electron chi connectivity index (χ1n) is 9.19. The summed E-state index contributed by atoms with van der Waals surface area (Å²) in [5.41, 5.74) is 1.65. The topological polar surface area (TPSA) is 76.1 Å². The Labute approximate surface area is 154 Å². The average molecular weight is 361 g/mol. The molecule has 1 fully saturated rings. The summed E-state index contributed by atoms with van der Waals surface area (Å²) in [6, 6.07) is 1.67. The molecule has 6 nitrogen and oxygen atoms in total. The highest BCUT2D eigenvalue weighted by Gasteiger charge is 2.40. The van der Waals surface area contributed by atoms with Gasteiger partial charge in [-0.1, -0.05) is 13.8 Å². The van der Waals surface area contributed by atoms with Crippen LogP contribution in [0, 0.1) is 11.8 Å². The van der Waals surface area contributed by atoms with Crippen molar-refractivity contribution < 1.29 is 24.2 Å². The zero-order valence-electron chi connectivity index (χ0n) is 15.9. The predicted octanol–water partition coefficient (Wildman–Crippen LogP) is 2.86. The van der Waals surface area contributed by atoms with Crippen LogP contribution in [-0.4, -0.2) is 42.0 Å². The Balaban J connectivity index is 1.97. The second kappa shape index (κ2) is 7.27. The van der Waals surface area contributed by atoms with Gasteiger partial charge in [0.15, 0.2) is 11.5 Å². The van der Waals surface area contributed by atoms with E-state index in [9.17, 15) is 14.7 Å². The Morgan fingerprint density at radius 3 is 2.77 bits per heavy atom. The molecular weight excluding hydrogens is 334 g/mol. The summed E-state index contributed by atoms with van der Waals surface area (Å²) >= 11 is 0. The lowest BCUT2D eigenvalue weighted by atomic mass is 9.80. The molecule has 0 aromatic heterocycles. The SMILES string of the molecule is COc1c(OC(C)=O)cc2c(c1O)CCN1CC(CC(C)C)C(=O)CC21. The van der Waals surface area contributed by atoms with Crippen LogP contribution < -0.4 is 9.47 Å². The van der Waals surface area contributed by atoms with Gasteiger partial charge < -0.3 is 14.6 Å². The number of carbonyl (C=O) groups excluding carboxylic acids is 2. The molecule has 6 heteroatoms. The molecule has 2 aliphatic heterocycles. The molecule has 0 amide bonds. The van der Waals surface area contributed by atoms with Crippen LogP contribution in [0.1, 0.15) is 50.8 Å². The second-order valence-electron chi connectivity index (χ2n) is 7.68. The maximum Gasteiger partial charge on any atom is 0.308 e. The Morgan fingerprint density at radius 2 is 2.15 bits per heavy atom. The van der Waals surface area contributed by atoms with E-state index in [4.69, 9.17) is 9.47 Å². The second-order valence-corrected chi connectivity index (χ2v) is 7.68. The van der Waals surface area contributed by atoms with E-state index < -0.39 is 5.97 Å². The minimum atomic E-state index is -0.480. The van der Waals surface area contributed by atoms with Crippen molar-refractivity contribution in [3.63, 3.8) is 0 Å². The molecule has 1 N–H and O–H groups in total. The van der Waals surface area contributed by atoms with E-state index in [0.717, 1.165) is 30.6 Å². The normalized spacial score (nSPS) is 22.7. The molecule has 2 unspecified atom stereocenters. The van der Waals surface area contributed by atoms with Gasteiger partial charge in [0, 0.05) is 44.0 Å².